The Kier molecular flexibility index (Phi) is 8.69. The minimum Gasteiger partial charge on any atom is -0.396 e. The van der Waals surface area contributed by atoms with Gasteiger partial charge in [-0.2, -0.15) is 0 Å². The van der Waals surface area contributed by atoms with Gasteiger partial charge >= 0.3 is 0 Å². The molecule has 0 amide bonds. The summed E-state index contributed by atoms with van der Waals surface area (Å²) >= 11 is 6.43. The third-order valence-corrected chi connectivity index (χ3v) is 3.64. The average Bonchev–Trinajstić information content (AvgIpc) is 2.45. The zero-order valence-electron chi connectivity index (χ0n) is 13.2. The van der Waals surface area contributed by atoms with Crippen LogP contribution in [0, 0.1) is 0 Å². The number of nitrogens with zero attached hydrogens (tertiary/aromatic N) is 1. The number of benzene rings is 1. The van der Waals surface area contributed by atoms with E-state index in [9.17, 15) is 0 Å². The van der Waals surface area contributed by atoms with Gasteiger partial charge in [0.2, 0.25) is 0 Å². The highest BCUT2D eigenvalue weighted by Crippen LogP contribution is 2.31. The molecule has 1 aromatic rings. The summed E-state index contributed by atoms with van der Waals surface area (Å²) in [7, 11) is 1.70. The third-order valence-electron chi connectivity index (χ3n) is 3.34. The van der Waals surface area contributed by atoms with Crippen molar-refractivity contribution in [1.82, 2.24) is 5.32 Å². The molecule has 2 N–H and O–H groups in total. The Morgan fingerprint density at radius 1 is 1.38 bits per heavy atom. The van der Waals surface area contributed by atoms with Crippen LogP contribution >= 0.6 is 11.6 Å². The van der Waals surface area contributed by atoms with Gasteiger partial charge in [-0.3, -0.25) is 0 Å². The number of aliphatic hydroxyl groups excluding tert-OH is 1. The Labute approximate surface area is 133 Å². The first-order valence-electron chi connectivity index (χ1n) is 7.46. The number of hydrogen-bond donors (Lipinski definition) is 2. The van der Waals surface area contributed by atoms with Crippen LogP contribution in [0.3, 0.4) is 0 Å². The number of aliphatic hydroxyl groups is 1. The number of hydrogen-bond acceptors (Lipinski definition) is 4. The second-order valence-corrected chi connectivity index (χ2v) is 5.69. The lowest BCUT2D eigenvalue weighted by atomic mass is 10.1. The lowest BCUT2D eigenvalue weighted by Crippen LogP contribution is -2.34. The Bertz CT molecular complexity index is 413. The number of rotatable bonds is 10. The van der Waals surface area contributed by atoms with Crippen LogP contribution in [0.5, 0.6) is 0 Å². The van der Waals surface area contributed by atoms with E-state index < -0.39 is 0 Å². The fraction of sp³-hybridized carbons (Fsp3) is 0.625. The molecule has 0 unspecified atom stereocenters. The Morgan fingerprint density at radius 3 is 2.76 bits per heavy atom. The fourth-order valence-corrected chi connectivity index (χ4v) is 2.59. The molecule has 0 bridgehead atoms. The third kappa shape index (κ3) is 5.83. The molecule has 21 heavy (non-hydrogen) atoms. The Balaban J connectivity index is 2.90. The molecule has 120 valence electrons. The van der Waals surface area contributed by atoms with Crippen LogP contribution in [0.25, 0.3) is 0 Å². The summed E-state index contributed by atoms with van der Waals surface area (Å²) in [6.45, 7) is 7.51. The van der Waals surface area contributed by atoms with Gasteiger partial charge in [-0.25, -0.2) is 0 Å². The van der Waals surface area contributed by atoms with Crippen LogP contribution in [-0.2, 0) is 11.3 Å². The predicted octanol–water partition coefficient (Wildman–Crippen LogP) is 2.67. The predicted molar refractivity (Wildman–Crippen MR) is 89.2 cm³/mol. The fourth-order valence-electron chi connectivity index (χ4n) is 2.29. The molecule has 0 aromatic heterocycles. The van der Waals surface area contributed by atoms with Gasteiger partial charge in [0.05, 0.1) is 17.3 Å². The molecule has 0 aliphatic rings. The van der Waals surface area contributed by atoms with Gasteiger partial charge in [-0.15, -0.1) is 0 Å². The van der Waals surface area contributed by atoms with Crippen molar-refractivity contribution < 1.29 is 9.84 Å². The van der Waals surface area contributed by atoms with Crippen molar-refractivity contribution in [3.8, 4) is 0 Å². The van der Waals surface area contributed by atoms with Crippen molar-refractivity contribution in [3.63, 3.8) is 0 Å². The molecule has 0 aliphatic heterocycles. The molecule has 0 radical (unpaired) electrons. The Morgan fingerprint density at radius 2 is 2.14 bits per heavy atom. The molecule has 5 heteroatoms. The second-order valence-electron chi connectivity index (χ2n) is 5.28. The molecular weight excluding hydrogens is 288 g/mol. The SMILES string of the molecule is COCCNCc1cccc(Cl)c1N(CCCO)C(C)C. The molecule has 0 atom stereocenters. The van der Waals surface area contributed by atoms with Gasteiger partial charge in [0.25, 0.3) is 0 Å². The lowest BCUT2D eigenvalue weighted by Gasteiger charge is -2.32. The minimum atomic E-state index is 0.190. The summed E-state index contributed by atoms with van der Waals surface area (Å²) in [4.78, 5) is 2.26. The van der Waals surface area contributed by atoms with Gasteiger partial charge in [-0.05, 0) is 31.9 Å². The van der Waals surface area contributed by atoms with E-state index in [0.717, 1.165) is 36.8 Å². The van der Waals surface area contributed by atoms with Crippen LogP contribution in [-0.4, -0.2) is 44.6 Å². The number of ether oxygens (including phenoxy) is 1. The van der Waals surface area contributed by atoms with E-state index in [-0.39, 0.29) is 6.61 Å². The van der Waals surface area contributed by atoms with Crippen molar-refractivity contribution in [3.05, 3.63) is 28.8 Å². The Hall–Kier alpha value is -0.810. The summed E-state index contributed by atoms with van der Waals surface area (Å²) in [6.07, 6.45) is 0.736. The summed E-state index contributed by atoms with van der Waals surface area (Å²) in [6, 6.07) is 6.32. The molecule has 4 nitrogen and oxygen atoms in total. The highest BCUT2D eigenvalue weighted by atomic mass is 35.5. The van der Waals surface area contributed by atoms with Gasteiger partial charge in [0.15, 0.2) is 0 Å². The summed E-state index contributed by atoms with van der Waals surface area (Å²) < 4.78 is 5.05. The van der Waals surface area contributed by atoms with E-state index in [4.69, 9.17) is 21.4 Å². The number of para-hydroxylation sites is 1. The lowest BCUT2D eigenvalue weighted by molar-refractivity contribution is 0.199. The van der Waals surface area contributed by atoms with Crippen molar-refractivity contribution in [2.24, 2.45) is 0 Å². The second kappa shape index (κ2) is 10.0. The van der Waals surface area contributed by atoms with Crippen molar-refractivity contribution in [2.75, 3.05) is 38.3 Å². The van der Waals surface area contributed by atoms with Crippen LogP contribution in [0.4, 0.5) is 5.69 Å². The van der Waals surface area contributed by atoms with Crippen molar-refractivity contribution >= 4 is 17.3 Å². The minimum absolute atomic E-state index is 0.190. The first kappa shape index (κ1) is 18.2. The van der Waals surface area contributed by atoms with Crippen molar-refractivity contribution in [2.45, 2.75) is 32.9 Å². The number of halogens is 1. The van der Waals surface area contributed by atoms with Crippen molar-refractivity contribution in [1.29, 1.82) is 0 Å². The van der Waals surface area contributed by atoms with E-state index >= 15 is 0 Å². The first-order valence-corrected chi connectivity index (χ1v) is 7.84. The molecule has 0 aliphatic carbocycles. The van der Waals surface area contributed by atoms with E-state index in [2.05, 4.69) is 30.1 Å². The molecular formula is C16H27ClN2O2. The monoisotopic (exact) mass is 314 g/mol. The van der Waals surface area contributed by atoms with E-state index in [1.807, 2.05) is 12.1 Å². The largest absolute Gasteiger partial charge is 0.396 e. The first-order chi connectivity index (χ1) is 10.1. The number of anilines is 1. The number of nitrogens with one attached hydrogen (secondary N) is 1. The highest BCUT2D eigenvalue weighted by Gasteiger charge is 2.17. The van der Waals surface area contributed by atoms with Gasteiger partial charge < -0.3 is 20.1 Å². The highest BCUT2D eigenvalue weighted by molar-refractivity contribution is 6.33. The van der Waals surface area contributed by atoms with Crippen LogP contribution < -0.4 is 10.2 Å². The van der Waals surface area contributed by atoms with Gasteiger partial charge in [-0.1, -0.05) is 23.7 Å². The van der Waals surface area contributed by atoms with E-state index in [0.29, 0.717) is 12.6 Å². The quantitative estimate of drug-likeness (QED) is 0.652. The summed E-state index contributed by atoms with van der Waals surface area (Å²) in [5.74, 6) is 0. The molecule has 0 saturated heterocycles. The topological polar surface area (TPSA) is 44.7 Å². The zero-order chi connectivity index (χ0) is 15.7. The standard InChI is InChI=1S/C16H27ClN2O2/c1-13(2)19(9-5-10-20)16-14(6-4-7-15(16)17)12-18-8-11-21-3/h4,6-7,13,18,20H,5,8-12H2,1-3H3. The normalized spacial score (nSPS) is 11.1. The smallest absolute Gasteiger partial charge is 0.0643 e. The maximum atomic E-state index is 9.10. The maximum absolute atomic E-state index is 9.10. The van der Waals surface area contributed by atoms with E-state index in [1.165, 1.54) is 5.56 Å². The molecule has 0 saturated carbocycles. The average molecular weight is 315 g/mol. The van der Waals surface area contributed by atoms with Gasteiger partial charge in [0, 0.05) is 39.4 Å². The molecule has 0 fully saturated rings. The van der Waals surface area contributed by atoms with Crippen LogP contribution in [0.15, 0.2) is 18.2 Å². The maximum Gasteiger partial charge on any atom is 0.0643 e. The van der Waals surface area contributed by atoms with Gasteiger partial charge in [0.1, 0.15) is 0 Å². The molecule has 1 rings (SSSR count). The molecule has 0 heterocycles. The molecule has 1 aromatic carbocycles. The molecule has 0 spiro atoms. The van der Waals surface area contributed by atoms with E-state index in [1.54, 1.807) is 7.11 Å². The number of methoxy groups -OCH3 is 1. The summed E-state index contributed by atoms with van der Waals surface area (Å²) in [5.41, 5.74) is 2.23. The van der Waals surface area contributed by atoms with Crippen LogP contribution in [0.1, 0.15) is 25.8 Å². The summed E-state index contributed by atoms with van der Waals surface area (Å²) in [5, 5.41) is 13.2. The van der Waals surface area contributed by atoms with Crippen LogP contribution in [0.2, 0.25) is 5.02 Å². The zero-order valence-corrected chi connectivity index (χ0v) is 14.0.